The summed E-state index contributed by atoms with van der Waals surface area (Å²) in [5.41, 5.74) is -0.487. The number of amides is 2. The van der Waals surface area contributed by atoms with Gasteiger partial charge in [-0.2, -0.15) is 0 Å². The highest BCUT2D eigenvalue weighted by molar-refractivity contribution is 6.01. The molecule has 0 spiro atoms. The van der Waals surface area contributed by atoms with Crippen LogP contribution in [0.5, 0.6) is 0 Å². The van der Waals surface area contributed by atoms with E-state index >= 15 is 8.78 Å². The van der Waals surface area contributed by atoms with Crippen molar-refractivity contribution in [3.63, 3.8) is 0 Å². The Bertz CT molecular complexity index is 1020. The largest absolute Gasteiger partial charge is 0.481 e. The number of likely N-dealkylation sites (tertiary alicyclic amines) is 1. The summed E-state index contributed by atoms with van der Waals surface area (Å²) < 4.78 is 30.4. The molecule has 1 aliphatic carbocycles. The van der Waals surface area contributed by atoms with Crippen LogP contribution in [0.4, 0.5) is 14.5 Å². The second kappa shape index (κ2) is 10.1. The summed E-state index contributed by atoms with van der Waals surface area (Å²) in [5.74, 6) is -1.95. The van der Waals surface area contributed by atoms with Crippen molar-refractivity contribution in [3.05, 3.63) is 29.6 Å². The summed E-state index contributed by atoms with van der Waals surface area (Å²) in [6.45, 7) is 6.90. The summed E-state index contributed by atoms with van der Waals surface area (Å²) >= 11 is 0. The number of carbonyl (C=O) groups is 3. The average molecular weight is 506 g/mol. The molecule has 4 atom stereocenters. The molecule has 9 heteroatoms. The number of aliphatic carboxylic acids is 1. The molecule has 1 unspecified atom stereocenters. The number of carboxylic acid groups (broad SMARTS) is 1. The van der Waals surface area contributed by atoms with E-state index in [1.807, 2.05) is 20.8 Å². The van der Waals surface area contributed by atoms with Gasteiger partial charge in [-0.05, 0) is 80.6 Å². The fourth-order valence-corrected chi connectivity index (χ4v) is 6.28. The fourth-order valence-electron chi connectivity index (χ4n) is 6.28. The van der Waals surface area contributed by atoms with Crippen molar-refractivity contribution < 1.29 is 28.3 Å². The quantitative estimate of drug-likeness (QED) is 0.518. The Kier molecular flexibility index (Phi) is 7.42. The highest BCUT2D eigenvalue weighted by Crippen LogP contribution is 2.51. The van der Waals surface area contributed by atoms with Crippen molar-refractivity contribution in [1.82, 2.24) is 10.2 Å². The maximum Gasteiger partial charge on any atom is 0.310 e. The number of benzene rings is 1. The molecule has 0 bridgehead atoms. The van der Waals surface area contributed by atoms with Gasteiger partial charge in [0.15, 0.2) is 0 Å². The van der Waals surface area contributed by atoms with Gasteiger partial charge < -0.3 is 10.4 Å². The van der Waals surface area contributed by atoms with Crippen LogP contribution in [0.25, 0.3) is 0 Å². The number of rotatable bonds is 5. The van der Waals surface area contributed by atoms with E-state index in [4.69, 9.17) is 0 Å². The number of nitrogens with zero attached hydrogens (tertiary/aromatic N) is 1. The van der Waals surface area contributed by atoms with E-state index in [2.05, 4.69) is 15.5 Å². The molecule has 4 rings (SSSR count). The topological polar surface area (TPSA) is 98.7 Å². The maximum absolute atomic E-state index is 15.4. The first kappa shape index (κ1) is 26.5. The molecule has 3 fully saturated rings. The zero-order chi connectivity index (χ0) is 26.3. The monoisotopic (exact) mass is 505 g/mol. The summed E-state index contributed by atoms with van der Waals surface area (Å²) in [6.07, 6.45) is 1.78. The van der Waals surface area contributed by atoms with Crippen molar-refractivity contribution >= 4 is 23.5 Å². The van der Waals surface area contributed by atoms with Gasteiger partial charge in [0.25, 0.3) is 0 Å². The molecule has 2 heterocycles. The van der Waals surface area contributed by atoms with Gasteiger partial charge in [0.05, 0.1) is 5.41 Å². The lowest BCUT2D eigenvalue weighted by Crippen LogP contribution is -2.55. The zero-order valence-electron chi connectivity index (χ0n) is 21.3. The van der Waals surface area contributed by atoms with Crippen LogP contribution in [0.15, 0.2) is 18.2 Å². The molecule has 0 radical (unpaired) electrons. The standard InChI is InChI=1S/C27H37F2N3O4/c1-26(2,3)27(25(35)36)11-8-22(20(29)15-27)32-12-9-16(10-13-32)18-5-4-17(14-19(18)28)30-21-6-7-23(33)31-24(21)34/h4-5,14,16,20-22,30H,6-13,15H2,1-3H3,(H,35,36)(H,31,33,34)/t20-,21?,22+,27-/m0/s1. The summed E-state index contributed by atoms with van der Waals surface area (Å²) in [7, 11) is 0. The van der Waals surface area contributed by atoms with E-state index in [-0.39, 0.29) is 36.5 Å². The molecule has 1 saturated carbocycles. The van der Waals surface area contributed by atoms with Gasteiger partial charge in [-0.3, -0.25) is 24.6 Å². The molecule has 36 heavy (non-hydrogen) atoms. The Balaban J connectivity index is 1.35. The lowest BCUT2D eigenvalue weighted by atomic mass is 9.58. The second-order valence-corrected chi connectivity index (χ2v) is 11.7. The number of alkyl halides is 1. The average Bonchev–Trinajstić information content (AvgIpc) is 2.80. The number of carbonyl (C=O) groups excluding carboxylic acids is 2. The van der Waals surface area contributed by atoms with Crippen LogP contribution >= 0.6 is 0 Å². The van der Waals surface area contributed by atoms with Crippen LogP contribution in [0, 0.1) is 16.6 Å². The van der Waals surface area contributed by atoms with E-state index < -0.39 is 34.9 Å². The second-order valence-electron chi connectivity index (χ2n) is 11.7. The first-order valence-electron chi connectivity index (χ1n) is 12.9. The molecule has 0 aromatic heterocycles. The Labute approximate surface area is 211 Å². The predicted octanol–water partition coefficient (Wildman–Crippen LogP) is 4.23. The van der Waals surface area contributed by atoms with Gasteiger partial charge in [-0.15, -0.1) is 0 Å². The van der Waals surface area contributed by atoms with Crippen LogP contribution in [-0.2, 0) is 14.4 Å². The van der Waals surface area contributed by atoms with E-state index in [1.165, 1.54) is 6.07 Å². The zero-order valence-corrected chi connectivity index (χ0v) is 21.3. The first-order valence-corrected chi connectivity index (χ1v) is 12.9. The van der Waals surface area contributed by atoms with Gasteiger partial charge in [0.2, 0.25) is 11.8 Å². The Morgan fingerprint density at radius 3 is 2.42 bits per heavy atom. The molecular weight excluding hydrogens is 468 g/mol. The number of halogens is 2. The highest BCUT2D eigenvalue weighted by atomic mass is 19.1. The van der Waals surface area contributed by atoms with E-state index in [0.717, 1.165) is 0 Å². The number of hydrogen-bond acceptors (Lipinski definition) is 5. The van der Waals surface area contributed by atoms with Crippen LogP contribution in [-0.4, -0.2) is 59.1 Å². The van der Waals surface area contributed by atoms with Gasteiger partial charge in [-0.25, -0.2) is 8.78 Å². The minimum atomic E-state index is -1.21. The fraction of sp³-hybridized carbons (Fsp3) is 0.667. The van der Waals surface area contributed by atoms with Crippen molar-refractivity contribution in [2.75, 3.05) is 18.4 Å². The molecule has 3 aliphatic rings. The number of nitrogens with one attached hydrogen (secondary N) is 2. The van der Waals surface area contributed by atoms with Gasteiger partial charge in [-0.1, -0.05) is 26.8 Å². The lowest BCUT2D eigenvalue weighted by Gasteiger charge is -2.50. The molecule has 7 nitrogen and oxygen atoms in total. The number of carboxylic acids is 1. The van der Waals surface area contributed by atoms with Crippen LogP contribution in [0.3, 0.4) is 0 Å². The SMILES string of the molecule is CC(C)(C)[C@@]1(C(=O)O)CC[C@@H](N2CCC(c3ccc(NC4CCC(=O)NC4=O)cc3F)CC2)[C@@H](F)C1. The van der Waals surface area contributed by atoms with Crippen LogP contribution < -0.4 is 10.6 Å². The van der Waals surface area contributed by atoms with Crippen molar-refractivity contribution in [3.8, 4) is 0 Å². The number of imide groups is 1. The molecule has 2 amide bonds. The maximum atomic E-state index is 15.4. The van der Waals surface area contributed by atoms with Gasteiger partial charge >= 0.3 is 5.97 Å². The van der Waals surface area contributed by atoms with E-state index in [1.54, 1.807) is 12.1 Å². The third-order valence-electron chi connectivity index (χ3n) is 8.69. The summed E-state index contributed by atoms with van der Waals surface area (Å²) in [6, 6.07) is 4.02. The number of piperidine rings is 2. The number of hydrogen-bond donors (Lipinski definition) is 3. The normalized spacial score (nSPS) is 30.6. The smallest absolute Gasteiger partial charge is 0.310 e. The van der Waals surface area contributed by atoms with Crippen molar-refractivity contribution in [2.45, 2.75) is 89.9 Å². The molecule has 1 aromatic carbocycles. The Morgan fingerprint density at radius 2 is 1.86 bits per heavy atom. The molecule has 3 N–H and O–H groups in total. The molecule has 2 saturated heterocycles. The van der Waals surface area contributed by atoms with Gasteiger partial charge in [0.1, 0.15) is 18.0 Å². The third kappa shape index (κ3) is 5.12. The summed E-state index contributed by atoms with van der Waals surface area (Å²) in [5, 5.41) is 15.2. The molecular formula is C27H37F2N3O4. The van der Waals surface area contributed by atoms with Crippen molar-refractivity contribution in [1.29, 1.82) is 0 Å². The molecule has 198 valence electrons. The highest BCUT2D eigenvalue weighted by Gasteiger charge is 2.54. The van der Waals surface area contributed by atoms with E-state index in [9.17, 15) is 19.5 Å². The van der Waals surface area contributed by atoms with E-state index in [0.29, 0.717) is 56.4 Å². The van der Waals surface area contributed by atoms with Crippen LogP contribution in [0.2, 0.25) is 0 Å². The lowest BCUT2D eigenvalue weighted by molar-refractivity contribution is -0.164. The Hall–Kier alpha value is -2.55. The number of anilines is 1. The minimum absolute atomic E-state index is 0.0141. The van der Waals surface area contributed by atoms with Crippen LogP contribution in [0.1, 0.15) is 77.2 Å². The van der Waals surface area contributed by atoms with Gasteiger partial charge in [0, 0.05) is 18.2 Å². The predicted molar refractivity (Wildman–Crippen MR) is 132 cm³/mol. The Morgan fingerprint density at radius 1 is 1.17 bits per heavy atom. The molecule has 2 aliphatic heterocycles. The molecule has 1 aromatic rings. The minimum Gasteiger partial charge on any atom is -0.481 e. The first-order chi connectivity index (χ1) is 16.9. The summed E-state index contributed by atoms with van der Waals surface area (Å²) in [4.78, 5) is 37.5. The third-order valence-corrected chi connectivity index (χ3v) is 8.69. The van der Waals surface area contributed by atoms with Crippen molar-refractivity contribution in [2.24, 2.45) is 10.8 Å².